The number of alkyl halides is 3. The Bertz CT molecular complexity index is 1290. The number of aliphatic hydroxyl groups excluding tert-OH is 1. The fourth-order valence-electron chi connectivity index (χ4n) is 6.51. The summed E-state index contributed by atoms with van der Waals surface area (Å²) in [6, 6.07) is 13.6. The second-order valence-corrected chi connectivity index (χ2v) is 11.8. The van der Waals surface area contributed by atoms with Crippen LogP contribution in [0.5, 0.6) is 0 Å². The lowest BCUT2D eigenvalue weighted by atomic mass is 9.90. The van der Waals surface area contributed by atoms with Crippen LogP contribution < -0.4 is 5.32 Å². The summed E-state index contributed by atoms with van der Waals surface area (Å²) in [7, 11) is 1.70. The molecule has 0 bridgehead atoms. The summed E-state index contributed by atoms with van der Waals surface area (Å²) in [5.41, 5.74) is 2.75. The van der Waals surface area contributed by atoms with Crippen molar-refractivity contribution in [3.05, 3.63) is 65.2 Å². The lowest BCUT2D eigenvalue weighted by molar-refractivity contribution is -0.276. The SMILES string of the molecule is COCC1CCCN1CC1OC(c2cccc(NC(=O)C3CCCN3C(=O)C(F)(F)F)c2)OC(c2ccc(CO)cc2)C1C. The molecule has 2 aromatic rings. The predicted molar refractivity (Wildman–Crippen MR) is 155 cm³/mol. The summed E-state index contributed by atoms with van der Waals surface area (Å²) in [6.45, 7) is 4.18. The molecule has 6 atom stereocenters. The summed E-state index contributed by atoms with van der Waals surface area (Å²) in [5, 5.41) is 12.2. The molecule has 3 heterocycles. The fraction of sp³-hybridized carbons (Fsp3) is 0.562. The van der Waals surface area contributed by atoms with Crippen LogP contribution in [0, 0.1) is 5.92 Å². The number of nitrogens with one attached hydrogen (secondary N) is 1. The molecular weight excluding hydrogens is 579 g/mol. The van der Waals surface area contributed by atoms with Gasteiger partial charge in [-0.25, -0.2) is 0 Å². The fourth-order valence-corrected chi connectivity index (χ4v) is 6.51. The van der Waals surface area contributed by atoms with Gasteiger partial charge in [0.25, 0.3) is 0 Å². The number of ether oxygens (including phenoxy) is 3. The van der Waals surface area contributed by atoms with Crippen molar-refractivity contribution >= 4 is 17.5 Å². The molecule has 2 amide bonds. The van der Waals surface area contributed by atoms with Crippen LogP contribution in [0.25, 0.3) is 0 Å². The largest absolute Gasteiger partial charge is 0.471 e. The van der Waals surface area contributed by atoms with E-state index in [1.165, 1.54) is 0 Å². The molecule has 3 aliphatic rings. The van der Waals surface area contributed by atoms with Gasteiger partial charge in [0.1, 0.15) is 6.04 Å². The van der Waals surface area contributed by atoms with Crippen LogP contribution in [0.15, 0.2) is 48.5 Å². The van der Waals surface area contributed by atoms with E-state index in [4.69, 9.17) is 14.2 Å². The van der Waals surface area contributed by atoms with E-state index in [0.29, 0.717) is 41.8 Å². The van der Waals surface area contributed by atoms with E-state index in [2.05, 4.69) is 17.1 Å². The molecule has 2 aromatic carbocycles. The van der Waals surface area contributed by atoms with Gasteiger partial charge in [-0.15, -0.1) is 0 Å². The van der Waals surface area contributed by atoms with Crippen LogP contribution in [-0.2, 0) is 30.4 Å². The minimum Gasteiger partial charge on any atom is -0.392 e. The zero-order chi connectivity index (χ0) is 31.4. The number of nitrogens with zero attached hydrogens (tertiary/aromatic N) is 2. The van der Waals surface area contributed by atoms with Crippen LogP contribution >= 0.6 is 0 Å². The van der Waals surface area contributed by atoms with Gasteiger partial charge in [-0.3, -0.25) is 14.5 Å². The highest BCUT2D eigenvalue weighted by molar-refractivity contribution is 5.98. The third kappa shape index (κ3) is 7.26. The van der Waals surface area contributed by atoms with Crippen LogP contribution in [-0.4, -0.2) is 84.4 Å². The average Bonchev–Trinajstić information content (AvgIpc) is 3.68. The van der Waals surface area contributed by atoms with Crippen LogP contribution in [0.1, 0.15) is 61.7 Å². The molecule has 0 aliphatic carbocycles. The minimum atomic E-state index is -5.04. The molecule has 5 rings (SSSR count). The topological polar surface area (TPSA) is 101 Å². The molecule has 3 saturated heterocycles. The smallest absolute Gasteiger partial charge is 0.392 e. The molecule has 9 nitrogen and oxygen atoms in total. The lowest BCUT2D eigenvalue weighted by Crippen LogP contribution is -2.48. The molecule has 240 valence electrons. The number of likely N-dealkylation sites (tertiary alicyclic amines) is 2. The molecular formula is C32H40F3N3O6. The van der Waals surface area contributed by atoms with Crippen molar-refractivity contribution in [1.82, 2.24) is 9.80 Å². The Morgan fingerprint density at radius 3 is 2.50 bits per heavy atom. The Hall–Kier alpha value is -3.03. The van der Waals surface area contributed by atoms with Crippen molar-refractivity contribution in [1.29, 1.82) is 0 Å². The van der Waals surface area contributed by atoms with E-state index in [0.717, 1.165) is 30.5 Å². The maximum absolute atomic E-state index is 13.1. The molecule has 12 heteroatoms. The van der Waals surface area contributed by atoms with E-state index in [-0.39, 0.29) is 37.7 Å². The first-order valence-electron chi connectivity index (χ1n) is 15.1. The van der Waals surface area contributed by atoms with E-state index >= 15 is 0 Å². The number of carbonyl (C=O) groups is 2. The zero-order valence-electron chi connectivity index (χ0n) is 25.0. The van der Waals surface area contributed by atoms with Gasteiger partial charge in [-0.1, -0.05) is 43.3 Å². The Morgan fingerprint density at radius 2 is 1.80 bits per heavy atom. The number of hydrogen-bond donors (Lipinski definition) is 2. The Balaban J connectivity index is 1.36. The minimum absolute atomic E-state index is 0.0163. The van der Waals surface area contributed by atoms with Gasteiger partial charge in [-0.05, 0) is 55.5 Å². The first kappa shape index (κ1) is 32.4. The number of amides is 2. The Labute approximate surface area is 255 Å². The zero-order valence-corrected chi connectivity index (χ0v) is 25.0. The van der Waals surface area contributed by atoms with Gasteiger partial charge >= 0.3 is 12.1 Å². The van der Waals surface area contributed by atoms with Crippen molar-refractivity contribution in [2.75, 3.05) is 38.7 Å². The molecule has 0 saturated carbocycles. The number of rotatable bonds is 9. The number of hydrogen-bond acceptors (Lipinski definition) is 7. The number of methoxy groups -OCH3 is 1. The van der Waals surface area contributed by atoms with Crippen molar-refractivity contribution in [2.24, 2.45) is 5.92 Å². The maximum Gasteiger partial charge on any atom is 0.471 e. The van der Waals surface area contributed by atoms with Gasteiger partial charge in [-0.2, -0.15) is 13.2 Å². The summed E-state index contributed by atoms with van der Waals surface area (Å²) in [6.07, 6.45) is -3.76. The first-order valence-corrected chi connectivity index (χ1v) is 15.1. The second kappa shape index (κ2) is 13.9. The van der Waals surface area contributed by atoms with E-state index < -0.39 is 30.3 Å². The van der Waals surface area contributed by atoms with Crippen LogP contribution in [0.2, 0.25) is 0 Å². The molecule has 3 aliphatic heterocycles. The average molecular weight is 620 g/mol. The van der Waals surface area contributed by atoms with E-state index in [1.54, 1.807) is 25.3 Å². The van der Waals surface area contributed by atoms with E-state index in [1.807, 2.05) is 30.3 Å². The Morgan fingerprint density at radius 1 is 1.05 bits per heavy atom. The number of benzene rings is 2. The number of halogens is 3. The highest BCUT2D eigenvalue weighted by atomic mass is 19.4. The van der Waals surface area contributed by atoms with Crippen molar-refractivity contribution in [3.8, 4) is 0 Å². The molecule has 0 spiro atoms. The van der Waals surface area contributed by atoms with Crippen molar-refractivity contribution in [3.63, 3.8) is 0 Å². The molecule has 44 heavy (non-hydrogen) atoms. The summed E-state index contributed by atoms with van der Waals surface area (Å²) in [4.78, 5) is 27.9. The quantitative estimate of drug-likeness (QED) is 0.424. The third-order valence-electron chi connectivity index (χ3n) is 8.88. The van der Waals surface area contributed by atoms with Gasteiger partial charge in [0, 0.05) is 43.4 Å². The standard InChI is InChI=1S/C32H40F3N3O6/c1-20-27(17-37-14-4-8-25(37)19-42-2)43-30(44-28(20)22-12-10-21(18-39)11-13-22)23-6-3-7-24(16-23)36-29(40)26-9-5-15-38(26)31(41)32(33,34)35/h3,6-7,10-13,16,20,25-28,30,39H,4-5,8-9,14-15,17-19H2,1-2H3,(H,36,40). The molecule has 3 fully saturated rings. The van der Waals surface area contributed by atoms with Crippen molar-refractivity contribution in [2.45, 2.75) is 76.0 Å². The summed E-state index contributed by atoms with van der Waals surface area (Å²) >= 11 is 0. The highest BCUT2D eigenvalue weighted by Crippen LogP contribution is 2.42. The van der Waals surface area contributed by atoms with Crippen molar-refractivity contribution < 1.29 is 42.1 Å². The second-order valence-electron chi connectivity index (χ2n) is 11.8. The normalized spacial score (nSPS) is 27.9. The maximum atomic E-state index is 13.1. The first-order chi connectivity index (χ1) is 21.1. The molecule has 6 unspecified atom stereocenters. The molecule has 0 radical (unpaired) electrons. The van der Waals surface area contributed by atoms with Gasteiger partial charge in [0.2, 0.25) is 5.91 Å². The number of anilines is 1. The van der Waals surface area contributed by atoms with Gasteiger partial charge in [0.05, 0.1) is 25.4 Å². The number of carbonyl (C=O) groups excluding carboxylic acids is 2. The third-order valence-corrected chi connectivity index (χ3v) is 8.88. The Kier molecular flexibility index (Phi) is 10.3. The van der Waals surface area contributed by atoms with Crippen LogP contribution in [0.3, 0.4) is 0 Å². The number of aliphatic hydroxyl groups is 1. The van der Waals surface area contributed by atoms with Gasteiger partial charge < -0.3 is 29.5 Å². The summed E-state index contributed by atoms with van der Waals surface area (Å²) < 4.78 is 57.8. The predicted octanol–water partition coefficient (Wildman–Crippen LogP) is 4.57. The summed E-state index contributed by atoms with van der Waals surface area (Å²) in [5.74, 6) is -2.69. The van der Waals surface area contributed by atoms with Crippen LogP contribution in [0.4, 0.5) is 18.9 Å². The van der Waals surface area contributed by atoms with E-state index in [9.17, 15) is 27.9 Å². The lowest BCUT2D eigenvalue weighted by Gasteiger charge is -2.43. The highest BCUT2D eigenvalue weighted by Gasteiger charge is 2.48. The molecule has 2 N–H and O–H groups in total. The monoisotopic (exact) mass is 619 g/mol. The van der Waals surface area contributed by atoms with Gasteiger partial charge in [0.15, 0.2) is 6.29 Å². The molecule has 0 aromatic heterocycles.